The molecule has 0 fully saturated rings. The normalized spacial score (nSPS) is 17.4. The number of aromatic nitrogens is 4. The van der Waals surface area contributed by atoms with Gasteiger partial charge < -0.3 is 14.2 Å². The van der Waals surface area contributed by atoms with Crippen LogP contribution in [0.15, 0.2) is 31.0 Å². The minimum Gasteiger partial charge on any atom is -0.461 e. The summed E-state index contributed by atoms with van der Waals surface area (Å²) in [6, 6.07) is 1.75. The Bertz CT molecular complexity index is 821. The van der Waals surface area contributed by atoms with Crippen molar-refractivity contribution in [2.45, 2.75) is 12.6 Å². The molecule has 0 radical (unpaired) electrons. The van der Waals surface area contributed by atoms with Crippen molar-refractivity contribution in [1.29, 1.82) is 0 Å². The molecule has 3 rings (SSSR count). The average molecular weight is 351 g/mol. The van der Waals surface area contributed by atoms with Crippen molar-refractivity contribution in [3.63, 3.8) is 0 Å². The Morgan fingerprint density at radius 1 is 1.38 bits per heavy atom. The van der Waals surface area contributed by atoms with E-state index < -0.39 is 21.5 Å². The first-order valence-corrected chi connectivity index (χ1v) is 9.34. The second kappa shape index (κ2) is 6.56. The number of hydrogen-bond donors (Lipinski definition) is 0. The lowest BCUT2D eigenvalue weighted by atomic mass is 10.2. The maximum atomic E-state index is 12.2. The van der Waals surface area contributed by atoms with Crippen LogP contribution in [0.2, 0.25) is 0 Å². The van der Waals surface area contributed by atoms with Gasteiger partial charge in [0.05, 0.1) is 24.6 Å². The first-order chi connectivity index (χ1) is 11.4. The van der Waals surface area contributed by atoms with Crippen molar-refractivity contribution in [2.75, 3.05) is 25.2 Å². The maximum absolute atomic E-state index is 12.2. The number of ether oxygens (including phenoxy) is 1. The molecular formula is C14H17N5O4S. The number of hydrogen-bond acceptors (Lipinski definition) is 7. The van der Waals surface area contributed by atoms with Crippen molar-refractivity contribution in [2.24, 2.45) is 0 Å². The van der Waals surface area contributed by atoms with Crippen LogP contribution in [0.1, 0.15) is 11.7 Å². The number of amides is 1. The fourth-order valence-electron chi connectivity index (χ4n) is 2.56. The number of carbonyl (C=O) groups is 1. The smallest absolute Gasteiger partial charge is 0.316 e. The molecule has 1 unspecified atom stereocenters. The van der Waals surface area contributed by atoms with E-state index in [2.05, 4.69) is 15.0 Å². The van der Waals surface area contributed by atoms with Gasteiger partial charge in [0, 0.05) is 31.4 Å². The highest BCUT2D eigenvalue weighted by Gasteiger charge is 2.29. The molecule has 1 atom stereocenters. The molecule has 3 heterocycles. The molecular weight excluding hydrogens is 334 g/mol. The van der Waals surface area contributed by atoms with Gasteiger partial charge in [0.1, 0.15) is 12.4 Å². The lowest BCUT2D eigenvalue weighted by molar-refractivity contribution is -0.130. The number of nitrogens with zero attached hydrogens (tertiary/aromatic N) is 5. The first-order valence-electron chi connectivity index (χ1n) is 7.28. The number of imidazole rings is 1. The van der Waals surface area contributed by atoms with Crippen molar-refractivity contribution < 1.29 is 17.9 Å². The zero-order chi connectivity index (χ0) is 17.2. The molecule has 1 amide bonds. The van der Waals surface area contributed by atoms with E-state index in [0.29, 0.717) is 13.1 Å². The van der Waals surface area contributed by atoms with E-state index in [4.69, 9.17) is 4.74 Å². The molecule has 0 bridgehead atoms. The van der Waals surface area contributed by atoms with Crippen LogP contribution >= 0.6 is 0 Å². The lowest BCUT2D eigenvalue weighted by Crippen LogP contribution is -2.44. The van der Waals surface area contributed by atoms with Gasteiger partial charge in [0.2, 0.25) is 5.91 Å². The Morgan fingerprint density at radius 3 is 2.83 bits per heavy atom. The molecule has 0 saturated heterocycles. The summed E-state index contributed by atoms with van der Waals surface area (Å²) in [5.41, 5.74) is 0.825. The minimum absolute atomic E-state index is 0.191. The van der Waals surface area contributed by atoms with Crippen LogP contribution in [0.25, 0.3) is 0 Å². The molecule has 24 heavy (non-hydrogen) atoms. The Balaban J connectivity index is 1.73. The largest absolute Gasteiger partial charge is 0.461 e. The van der Waals surface area contributed by atoms with Gasteiger partial charge in [-0.2, -0.15) is 0 Å². The quantitative estimate of drug-likeness (QED) is 0.726. The number of fused-ring (bicyclic) bond motifs is 1. The SMILES string of the molecule is CS(=O)(=O)CC(=O)N1Cc2cncn2C(COc2ncccn2)C1. The minimum atomic E-state index is -3.37. The van der Waals surface area contributed by atoms with Crippen LogP contribution in [0, 0.1) is 0 Å². The highest BCUT2D eigenvalue weighted by molar-refractivity contribution is 7.91. The highest BCUT2D eigenvalue weighted by atomic mass is 32.2. The summed E-state index contributed by atoms with van der Waals surface area (Å²) in [5.74, 6) is -0.929. The predicted molar refractivity (Wildman–Crippen MR) is 83.9 cm³/mol. The Labute approximate surface area is 139 Å². The topological polar surface area (TPSA) is 107 Å². The third-order valence-corrected chi connectivity index (χ3v) is 4.38. The van der Waals surface area contributed by atoms with Gasteiger partial charge in [-0.15, -0.1) is 0 Å². The molecule has 1 aliphatic rings. The molecule has 0 saturated carbocycles. The number of rotatable bonds is 5. The first kappa shape index (κ1) is 16.4. The van der Waals surface area contributed by atoms with E-state index in [1.165, 1.54) is 4.90 Å². The van der Waals surface area contributed by atoms with E-state index >= 15 is 0 Å². The third-order valence-electron chi connectivity index (χ3n) is 3.61. The summed E-state index contributed by atoms with van der Waals surface area (Å²) >= 11 is 0. The summed E-state index contributed by atoms with van der Waals surface area (Å²) in [6.45, 7) is 0.910. The average Bonchev–Trinajstić information content (AvgIpc) is 3.00. The van der Waals surface area contributed by atoms with Crippen molar-refractivity contribution in [3.05, 3.63) is 36.7 Å². The monoisotopic (exact) mass is 351 g/mol. The summed E-state index contributed by atoms with van der Waals surface area (Å²) in [7, 11) is -3.37. The summed E-state index contributed by atoms with van der Waals surface area (Å²) < 4.78 is 30.2. The van der Waals surface area contributed by atoms with Gasteiger partial charge in [0.15, 0.2) is 9.84 Å². The van der Waals surface area contributed by atoms with Gasteiger partial charge in [-0.25, -0.2) is 23.4 Å². The Morgan fingerprint density at radius 2 is 2.12 bits per heavy atom. The molecule has 0 N–H and O–H groups in total. The summed E-state index contributed by atoms with van der Waals surface area (Å²) in [6.07, 6.45) is 7.54. The van der Waals surface area contributed by atoms with E-state index in [9.17, 15) is 13.2 Å². The van der Waals surface area contributed by atoms with Crippen molar-refractivity contribution in [3.8, 4) is 6.01 Å². The molecule has 128 valence electrons. The summed E-state index contributed by atoms with van der Waals surface area (Å²) in [5, 5.41) is 0. The molecule has 0 aromatic carbocycles. The van der Waals surface area contributed by atoms with Crippen LogP contribution in [0.5, 0.6) is 6.01 Å². The molecule has 1 aliphatic heterocycles. The van der Waals surface area contributed by atoms with E-state index in [-0.39, 0.29) is 18.7 Å². The fourth-order valence-corrected chi connectivity index (χ4v) is 3.19. The van der Waals surface area contributed by atoms with Crippen LogP contribution in [-0.4, -0.2) is 63.9 Å². The van der Waals surface area contributed by atoms with Crippen LogP contribution in [0.4, 0.5) is 0 Å². The van der Waals surface area contributed by atoms with E-state index in [1.54, 1.807) is 31.0 Å². The second-order valence-electron chi connectivity index (χ2n) is 5.63. The molecule has 2 aromatic rings. The highest BCUT2D eigenvalue weighted by Crippen LogP contribution is 2.21. The molecule has 0 aliphatic carbocycles. The zero-order valence-corrected chi connectivity index (χ0v) is 13.9. The second-order valence-corrected chi connectivity index (χ2v) is 7.77. The predicted octanol–water partition coefficient (Wildman–Crippen LogP) is -0.320. The Hall–Kier alpha value is -2.49. The molecule has 2 aromatic heterocycles. The van der Waals surface area contributed by atoms with Crippen molar-refractivity contribution >= 4 is 15.7 Å². The van der Waals surface area contributed by atoms with Crippen LogP contribution < -0.4 is 4.74 Å². The number of carbonyl (C=O) groups excluding carboxylic acids is 1. The van der Waals surface area contributed by atoms with Gasteiger partial charge >= 0.3 is 6.01 Å². The molecule has 9 nitrogen and oxygen atoms in total. The number of sulfone groups is 1. The molecule has 0 spiro atoms. The molecule has 10 heteroatoms. The maximum Gasteiger partial charge on any atom is 0.316 e. The van der Waals surface area contributed by atoms with Crippen LogP contribution in [0.3, 0.4) is 0 Å². The fraction of sp³-hybridized carbons (Fsp3) is 0.429. The van der Waals surface area contributed by atoms with Gasteiger partial charge in [-0.1, -0.05) is 0 Å². The lowest BCUT2D eigenvalue weighted by Gasteiger charge is -2.34. The van der Waals surface area contributed by atoms with E-state index in [1.807, 2.05) is 4.57 Å². The van der Waals surface area contributed by atoms with Gasteiger partial charge in [-0.05, 0) is 6.07 Å². The third kappa shape index (κ3) is 3.88. The summed E-state index contributed by atoms with van der Waals surface area (Å²) in [4.78, 5) is 25.8. The van der Waals surface area contributed by atoms with Crippen molar-refractivity contribution in [1.82, 2.24) is 24.4 Å². The standard InChI is InChI=1S/C14H17N5O4S/c1-24(21,22)9-13(20)18-6-11-5-15-10-19(11)12(7-18)8-23-14-16-3-2-4-17-14/h2-5,10,12H,6-9H2,1H3. The van der Waals surface area contributed by atoms with Gasteiger partial charge in [0.25, 0.3) is 0 Å². The van der Waals surface area contributed by atoms with E-state index in [0.717, 1.165) is 11.9 Å². The zero-order valence-electron chi connectivity index (χ0n) is 13.1. The van der Waals surface area contributed by atoms with Crippen LogP contribution in [-0.2, 0) is 21.2 Å². The Kier molecular flexibility index (Phi) is 4.47. The van der Waals surface area contributed by atoms with Gasteiger partial charge in [-0.3, -0.25) is 4.79 Å².